The Morgan fingerprint density at radius 1 is 1.30 bits per heavy atom. The first-order valence-corrected chi connectivity index (χ1v) is 7.66. The lowest BCUT2D eigenvalue weighted by Gasteiger charge is -2.12. The molecule has 0 aliphatic carbocycles. The number of benzene rings is 1. The summed E-state index contributed by atoms with van der Waals surface area (Å²) in [6.07, 6.45) is 1.57. The molecule has 120 valence electrons. The van der Waals surface area contributed by atoms with Gasteiger partial charge in [0.15, 0.2) is 5.76 Å². The topological polar surface area (TPSA) is 75.4 Å². The van der Waals surface area contributed by atoms with Gasteiger partial charge in [0.1, 0.15) is 12.6 Å². The third-order valence-electron chi connectivity index (χ3n) is 3.70. The van der Waals surface area contributed by atoms with Crippen molar-refractivity contribution in [1.82, 2.24) is 15.2 Å². The monoisotopic (exact) mass is 333 g/mol. The number of imide groups is 1. The highest BCUT2D eigenvalue weighted by molar-refractivity contribution is 6.30. The smallest absolute Gasteiger partial charge is 0.325 e. The predicted octanol–water partition coefficient (Wildman–Crippen LogP) is 3.07. The van der Waals surface area contributed by atoms with E-state index in [1.54, 1.807) is 18.3 Å². The molecule has 1 unspecified atom stereocenters. The minimum absolute atomic E-state index is 0.0154. The van der Waals surface area contributed by atoms with Crippen molar-refractivity contribution in [2.24, 2.45) is 5.92 Å². The molecule has 3 amide bonds. The summed E-state index contributed by atoms with van der Waals surface area (Å²) in [4.78, 5) is 29.4. The zero-order valence-corrected chi connectivity index (χ0v) is 13.5. The van der Waals surface area contributed by atoms with Crippen LogP contribution in [0.5, 0.6) is 0 Å². The maximum absolute atomic E-state index is 12.2. The molecule has 1 aliphatic rings. The Hall–Kier alpha value is -2.34. The molecule has 0 radical (unpaired) electrons. The number of hydrogen-bond donors (Lipinski definition) is 1. The minimum atomic E-state index is -0.492. The van der Waals surface area contributed by atoms with Crippen molar-refractivity contribution in [2.75, 3.05) is 0 Å². The van der Waals surface area contributed by atoms with Crippen LogP contribution in [0.4, 0.5) is 4.79 Å². The van der Waals surface area contributed by atoms with E-state index in [9.17, 15) is 9.59 Å². The van der Waals surface area contributed by atoms with E-state index in [1.807, 2.05) is 26.0 Å². The molecule has 1 atom stereocenters. The quantitative estimate of drug-likeness (QED) is 0.872. The van der Waals surface area contributed by atoms with Crippen LogP contribution in [0.2, 0.25) is 5.02 Å². The lowest BCUT2D eigenvalue weighted by atomic mass is 10.1. The van der Waals surface area contributed by atoms with Gasteiger partial charge in [0, 0.05) is 10.6 Å². The van der Waals surface area contributed by atoms with Crippen molar-refractivity contribution in [2.45, 2.75) is 26.4 Å². The van der Waals surface area contributed by atoms with E-state index in [1.165, 1.54) is 0 Å². The highest BCUT2D eigenvalue weighted by Crippen LogP contribution is 2.23. The van der Waals surface area contributed by atoms with E-state index in [2.05, 4.69) is 10.3 Å². The standard InChI is InChI=1S/C16H16ClN3O3/c1-9(2)14-15(21)20(16(22)19-14)8-13-18-7-12(23-13)10-3-5-11(17)6-4-10/h3-7,9,14H,8H2,1-2H3,(H,19,22). The second-order valence-corrected chi connectivity index (χ2v) is 6.16. The van der Waals surface area contributed by atoms with Gasteiger partial charge in [0.2, 0.25) is 5.89 Å². The van der Waals surface area contributed by atoms with Crippen molar-refractivity contribution >= 4 is 23.5 Å². The molecule has 0 spiro atoms. The fourth-order valence-electron chi connectivity index (χ4n) is 2.41. The SMILES string of the molecule is CC(C)C1NC(=O)N(Cc2ncc(-c3ccc(Cl)cc3)o2)C1=O. The lowest BCUT2D eigenvalue weighted by Crippen LogP contribution is -2.34. The van der Waals surface area contributed by atoms with Crippen molar-refractivity contribution in [3.8, 4) is 11.3 Å². The van der Waals surface area contributed by atoms with E-state index >= 15 is 0 Å². The first-order valence-electron chi connectivity index (χ1n) is 7.28. The zero-order valence-electron chi connectivity index (χ0n) is 12.7. The number of nitrogens with zero attached hydrogens (tertiary/aromatic N) is 2. The number of carbonyl (C=O) groups is 2. The Labute approximate surface area is 138 Å². The number of amides is 3. The lowest BCUT2D eigenvalue weighted by molar-refractivity contribution is -0.128. The van der Waals surface area contributed by atoms with Crippen LogP contribution in [0, 0.1) is 5.92 Å². The summed E-state index contributed by atoms with van der Waals surface area (Å²) in [5.41, 5.74) is 0.824. The van der Waals surface area contributed by atoms with Crippen LogP contribution in [-0.4, -0.2) is 27.9 Å². The summed E-state index contributed by atoms with van der Waals surface area (Å²) in [6.45, 7) is 3.79. The second-order valence-electron chi connectivity index (χ2n) is 5.72. The van der Waals surface area contributed by atoms with E-state index in [-0.39, 0.29) is 18.4 Å². The molecule has 1 saturated heterocycles. The van der Waals surface area contributed by atoms with Crippen molar-refractivity contribution in [1.29, 1.82) is 0 Å². The number of carbonyl (C=O) groups excluding carboxylic acids is 2. The summed E-state index contributed by atoms with van der Waals surface area (Å²) in [7, 11) is 0. The molecular formula is C16H16ClN3O3. The van der Waals surface area contributed by atoms with E-state index < -0.39 is 12.1 Å². The molecule has 6 nitrogen and oxygen atoms in total. The molecule has 1 fully saturated rings. The van der Waals surface area contributed by atoms with Gasteiger partial charge in [-0.25, -0.2) is 9.78 Å². The number of halogens is 1. The summed E-state index contributed by atoms with van der Waals surface area (Å²) in [5.74, 6) is 0.647. The number of rotatable bonds is 4. The maximum atomic E-state index is 12.2. The average Bonchev–Trinajstić information content (AvgIpc) is 3.08. The molecule has 2 aromatic rings. The summed E-state index contributed by atoms with van der Waals surface area (Å²) >= 11 is 5.85. The van der Waals surface area contributed by atoms with Crippen LogP contribution in [0.1, 0.15) is 19.7 Å². The maximum Gasteiger partial charge on any atom is 0.325 e. The Bertz CT molecular complexity index is 739. The first kappa shape index (κ1) is 15.6. The molecule has 0 bridgehead atoms. The second kappa shape index (κ2) is 6.04. The largest absolute Gasteiger partial charge is 0.439 e. The Balaban J connectivity index is 1.75. The third kappa shape index (κ3) is 3.07. The molecule has 0 saturated carbocycles. The fraction of sp³-hybridized carbons (Fsp3) is 0.312. The Morgan fingerprint density at radius 3 is 2.61 bits per heavy atom. The highest BCUT2D eigenvalue weighted by atomic mass is 35.5. The van der Waals surface area contributed by atoms with Crippen LogP contribution in [0.3, 0.4) is 0 Å². The van der Waals surface area contributed by atoms with Gasteiger partial charge in [0.25, 0.3) is 5.91 Å². The third-order valence-corrected chi connectivity index (χ3v) is 3.95. The summed E-state index contributed by atoms with van der Waals surface area (Å²) < 4.78 is 5.64. The normalized spacial score (nSPS) is 17.9. The molecule has 1 aromatic carbocycles. The van der Waals surface area contributed by atoms with Gasteiger partial charge in [-0.3, -0.25) is 9.69 Å². The van der Waals surface area contributed by atoms with Gasteiger partial charge in [0.05, 0.1) is 6.20 Å². The van der Waals surface area contributed by atoms with Gasteiger partial charge in [-0.2, -0.15) is 0 Å². The van der Waals surface area contributed by atoms with E-state index in [0.29, 0.717) is 16.7 Å². The van der Waals surface area contributed by atoms with Gasteiger partial charge in [-0.05, 0) is 30.2 Å². The van der Waals surface area contributed by atoms with E-state index in [0.717, 1.165) is 10.5 Å². The Morgan fingerprint density at radius 2 is 2.00 bits per heavy atom. The average molecular weight is 334 g/mol. The fourth-order valence-corrected chi connectivity index (χ4v) is 2.53. The molecule has 1 N–H and O–H groups in total. The highest BCUT2D eigenvalue weighted by Gasteiger charge is 2.40. The number of oxazole rings is 1. The van der Waals surface area contributed by atoms with Crippen LogP contribution in [-0.2, 0) is 11.3 Å². The van der Waals surface area contributed by atoms with Crippen LogP contribution >= 0.6 is 11.6 Å². The van der Waals surface area contributed by atoms with Crippen LogP contribution in [0.25, 0.3) is 11.3 Å². The molecule has 23 heavy (non-hydrogen) atoms. The van der Waals surface area contributed by atoms with Gasteiger partial charge >= 0.3 is 6.03 Å². The van der Waals surface area contributed by atoms with Crippen molar-refractivity contribution < 1.29 is 14.0 Å². The molecule has 1 aromatic heterocycles. The van der Waals surface area contributed by atoms with Crippen LogP contribution in [0.15, 0.2) is 34.9 Å². The molecule has 3 rings (SSSR count). The molecule has 1 aliphatic heterocycles. The van der Waals surface area contributed by atoms with E-state index in [4.69, 9.17) is 16.0 Å². The van der Waals surface area contributed by atoms with Crippen LogP contribution < -0.4 is 5.32 Å². The first-order chi connectivity index (χ1) is 11.0. The Kier molecular flexibility index (Phi) is 4.09. The minimum Gasteiger partial charge on any atom is -0.439 e. The molecule has 7 heteroatoms. The van der Waals surface area contributed by atoms with Gasteiger partial charge < -0.3 is 9.73 Å². The number of nitrogens with one attached hydrogen (secondary N) is 1. The molecular weight excluding hydrogens is 318 g/mol. The van der Waals surface area contributed by atoms with Gasteiger partial charge in [-0.1, -0.05) is 25.4 Å². The number of aromatic nitrogens is 1. The molecule has 2 heterocycles. The summed E-state index contributed by atoms with van der Waals surface area (Å²) in [6, 6.07) is 6.23. The number of hydrogen-bond acceptors (Lipinski definition) is 4. The van der Waals surface area contributed by atoms with Gasteiger partial charge in [-0.15, -0.1) is 0 Å². The zero-order chi connectivity index (χ0) is 16.6. The number of urea groups is 1. The predicted molar refractivity (Wildman–Crippen MR) is 84.7 cm³/mol. The summed E-state index contributed by atoms with van der Waals surface area (Å²) in [5, 5.41) is 3.30. The van der Waals surface area contributed by atoms with Crippen molar-refractivity contribution in [3.05, 3.63) is 41.4 Å². The van der Waals surface area contributed by atoms with Crippen molar-refractivity contribution in [3.63, 3.8) is 0 Å².